The first kappa shape index (κ1) is 14.4. The quantitative estimate of drug-likeness (QED) is 0.796. The highest BCUT2D eigenvalue weighted by Crippen LogP contribution is 2.29. The molecule has 3 N–H and O–H groups in total. The largest absolute Gasteiger partial charge is 0.399 e. The van der Waals surface area contributed by atoms with Gasteiger partial charge >= 0.3 is 0 Å². The summed E-state index contributed by atoms with van der Waals surface area (Å²) in [4.78, 5) is 15.2. The predicted molar refractivity (Wildman–Crippen MR) is 86.6 cm³/mol. The average Bonchev–Trinajstić information content (AvgIpc) is 2.75. The molecule has 1 fully saturated rings. The van der Waals surface area contributed by atoms with E-state index in [0.717, 1.165) is 27.8 Å². The van der Waals surface area contributed by atoms with Crippen LogP contribution < -0.4 is 5.73 Å². The number of nitrogen functional groups attached to an aromatic ring is 1. The van der Waals surface area contributed by atoms with Crippen molar-refractivity contribution < 1.29 is 9.90 Å². The first-order valence-electron chi connectivity index (χ1n) is 7.25. The Morgan fingerprint density at radius 1 is 1.33 bits per heavy atom. The van der Waals surface area contributed by atoms with Gasteiger partial charge in [-0.25, -0.2) is 0 Å². The third kappa shape index (κ3) is 3.04. The van der Waals surface area contributed by atoms with Crippen molar-refractivity contribution >= 4 is 33.0 Å². The van der Waals surface area contributed by atoms with Crippen LogP contribution in [0.4, 0.5) is 5.69 Å². The van der Waals surface area contributed by atoms with Gasteiger partial charge in [-0.2, -0.15) is 0 Å². The Bertz CT molecular complexity index is 678. The minimum absolute atomic E-state index is 0.0625. The molecule has 3 rings (SSSR count). The van der Waals surface area contributed by atoms with Gasteiger partial charge in [0.25, 0.3) is 5.91 Å². The minimum atomic E-state index is -0.649. The maximum absolute atomic E-state index is 12.6. The van der Waals surface area contributed by atoms with Crippen LogP contribution in [0.5, 0.6) is 0 Å². The molecule has 1 aromatic carbocycles. The third-order valence-corrected chi connectivity index (χ3v) is 5.21. The summed E-state index contributed by atoms with van der Waals surface area (Å²) >= 11 is 1.51. The molecule has 5 heteroatoms. The molecule has 0 spiro atoms. The topological polar surface area (TPSA) is 66.6 Å². The molecule has 0 bridgehead atoms. The number of likely N-dealkylation sites (tertiary alicyclic amines) is 1. The van der Waals surface area contributed by atoms with Crippen LogP contribution in [-0.4, -0.2) is 34.6 Å². The molecular formula is C16H20N2O2S. The number of rotatable bonds is 1. The standard InChI is InChI=1S/C16H20N2O2S/c1-16(20)5-2-7-18(8-6-16)15(19)14-10-11-9-12(17)3-4-13(11)21-14/h3-4,9-10,20H,2,5-8,17H2,1H3. The molecule has 1 aliphatic rings. The SMILES string of the molecule is CC1(O)CCCN(C(=O)c2cc3cc(N)ccc3s2)CC1. The number of aliphatic hydroxyl groups is 1. The van der Waals surface area contributed by atoms with Crippen LogP contribution in [-0.2, 0) is 0 Å². The normalized spacial score (nSPS) is 23.2. The van der Waals surface area contributed by atoms with Gasteiger partial charge in [0, 0.05) is 23.5 Å². The van der Waals surface area contributed by atoms with Crippen LogP contribution in [0.3, 0.4) is 0 Å². The number of hydrogen-bond donors (Lipinski definition) is 2. The van der Waals surface area contributed by atoms with Crippen molar-refractivity contribution in [3.63, 3.8) is 0 Å². The van der Waals surface area contributed by atoms with Crippen molar-refractivity contribution in [1.29, 1.82) is 0 Å². The lowest BCUT2D eigenvalue weighted by Crippen LogP contribution is -2.33. The molecule has 2 heterocycles. The molecule has 0 saturated carbocycles. The molecule has 2 aromatic rings. The van der Waals surface area contributed by atoms with Crippen molar-refractivity contribution in [1.82, 2.24) is 4.90 Å². The Morgan fingerprint density at radius 3 is 2.95 bits per heavy atom. The maximum Gasteiger partial charge on any atom is 0.263 e. The van der Waals surface area contributed by atoms with E-state index in [4.69, 9.17) is 5.73 Å². The van der Waals surface area contributed by atoms with Gasteiger partial charge in [-0.15, -0.1) is 11.3 Å². The number of benzene rings is 1. The van der Waals surface area contributed by atoms with Crippen molar-refractivity contribution in [2.24, 2.45) is 0 Å². The van der Waals surface area contributed by atoms with Crippen molar-refractivity contribution in [3.8, 4) is 0 Å². The summed E-state index contributed by atoms with van der Waals surface area (Å²) in [7, 11) is 0. The zero-order valence-electron chi connectivity index (χ0n) is 12.1. The summed E-state index contributed by atoms with van der Waals surface area (Å²) in [6.07, 6.45) is 2.23. The van der Waals surface area contributed by atoms with E-state index in [2.05, 4.69) is 0 Å². The highest BCUT2D eigenvalue weighted by atomic mass is 32.1. The first-order chi connectivity index (χ1) is 9.94. The smallest absolute Gasteiger partial charge is 0.263 e. The second-order valence-corrected chi connectivity index (χ2v) is 7.13. The van der Waals surface area contributed by atoms with E-state index in [1.807, 2.05) is 36.1 Å². The van der Waals surface area contributed by atoms with Gasteiger partial charge in [-0.05, 0) is 55.8 Å². The summed E-state index contributed by atoms with van der Waals surface area (Å²) in [5.74, 6) is 0.0625. The monoisotopic (exact) mass is 304 g/mol. The van der Waals surface area contributed by atoms with Crippen LogP contribution >= 0.6 is 11.3 Å². The maximum atomic E-state index is 12.6. The van der Waals surface area contributed by atoms with E-state index < -0.39 is 5.60 Å². The second-order valence-electron chi connectivity index (χ2n) is 6.05. The predicted octanol–water partition coefficient (Wildman–Crippen LogP) is 2.86. The average molecular weight is 304 g/mol. The number of amides is 1. The van der Waals surface area contributed by atoms with E-state index in [1.165, 1.54) is 11.3 Å². The Balaban J connectivity index is 1.83. The summed E-state index contributed by atoms with van der Waals surface area (Å²) in [5.41, 5.74) is 5.85. The Hall–Kier alpha value is -1.59. The van der Waals surface area contributed by atoms with E-state index in [-0.39, 0.29) is 5.91 Å². The van der Waals surface area contributed by atoms with E-state index in [9.17, 15) is 9.90 Å². The zero-order chi connectivity index (χ0) is 15.0. The van der Waals surface area contributed by atoms with Crippen LogP contribution in [0.25, 0.3) is 10.1 Å². The van der Waals surface area contributed by atoms with E-state index >= 15 is 0 Å². The molecule has 4 nitrogen and oxygen atoms in total. The molecule has 0 radical (unpaired) electrons. The number of thiophene rings is 1. The lowest BCUT2D eigenvalue weighted by molar-refractivity contribution is 0.0438. The van der Waals surface area contributed by atoms with Gasteiger partial charge in [0.15, 0.2) is 0 Å². The summed E-state index contributed by atoms with van der Waals surface area (Å²) in [5, 5.41) is 11.1. The van der Waals surface area contributed by atoms with Gasteiger partial charge in [-0.1, -0.05) is 0 Å². The number of hydrogen-bond acceptors (Lipinski definition) is 4. The van der Waals surface area contributed by atoms with Crippen LogP contribution in [0, 0.1) is 0 Å². The van der Waals surface area contributed by atoms with E-state index in [1.54, 1.807) is 0 Å². The van der Waals surface area contributed by atoms with Gasteiger partial charge < -0.3 is 15.7 Å². The van der Waals surface area contributed by atoms with Gasteiger partial charge in [-0.3, -0.25) is 4.79 Å². The fraction of sp³-hybridized carbons (Fsp3) is 0.438. The molecule has 0 aliphatic carbocycles. The molecule has 1 atom stereocenters. The second kappa shape index (κ2) is 5.31. The number of carbonyl (C=O) groups is 1. The Kier molecular flexibility index (Phi) is 3.63. The summed E-state index contributed by atoms with van der Waals surface area (Å²) in [6.45, 7) is 3.18. The number of anilines is 1. The number of carbonyl (C=O) groups excluding carboxylic acids is 1. The number of nitrogens with two attached hydrogens (primary N) is 1. The highest BCUT2D eigenvalue weighted by Gasteiger charge is 2.28. The summed E-state index contributed by atoms with van der Waals surface area (Å²) in [6, 6.07) is 7.63. The Labute approximate surface area is 128 Å². The lowest BCUT2D eigenvalue weighted by atomic mass is 9.98. The van der Waals surface area contributed by atoms with Gasteiger partial charge in [0.05, 0.1) is 10.5 Å². The number of fused-ring (bicyclic) bond motifs is 1. The zero-order valence-corrected chi connectivity index (χ0v) is 12.9. The fourth-order valence-corrected chi connectivity index (χ4v) is 3.80. The third-order valence-electron chi connectivity index (χ3n) is 4.10. The first-order valence-corrected chi connectivity index (χ1v) is 8.07. The fourth-order valence-electron chi connectivity index (χ4n) is 2.79. The molecular weight excluding hydrogens is 284 g/mol. The molecule has 1 amide bonds. The van der Waals surface area contributed by atoms with Crippen molar-refractivity contribution in [3.05, 3.63) is 29.1 Å². The van der Waals surface area contributed by atoms with Crippen LogP contribution in [0.1, 0.15) is 35.9 Å². The summed E-state index contributed by atoms with van der Waals surface area (Å²) < 4.78 is 1.08. The van der Waals surface area contributed by atoms with Crippen LogP contribution in [0.15, 0.2) is 24.3 Å². The molecule has 1 unspecified atom stereocenters. The molecule has 1 saturated heterocycles. The van der Waals surface area contributed by atoms with Crippen LogP contribution in [0.2, 0.25) is 0 Å². The molecule has 1 aliphatic heterocycles. The van der Waals surface area contributed by atoms with Gasteiger partial charge in [0.2, 0.25) is 0 Å². The van der Waals surface area contributed by atoms with Crippen molar-refractivity contribution in [2.75, 3.05) is 18.8 Å². The Morgan fingerprint density at radius 2 is 2.14 bits per heavy atom. The number of nitrogens with zero attached hydrogens (tertiary/aromatic N) is 1. The van der Waals surface area contributed by atoms with Crippen molar-refractivity contribution in [2.45, 2.75) is 31.8 Å². The molecule has 1 aromatic heterocycles. The highest BCUT2D eigenvalue weighted by molar-refractivity contribution is 7.20. The lowest BCUT2D eigenvalue weighted by Gasteiger charge is -2.22. The van der Waals surface area contributed by atoms with E-state index in [0.29, 0.717) is 25.2 Å². The minimum Gasteiger partial charge on any atom is -0.399 e. The molecule has 21 heavy (non-hydrogen) atoms. The molecule has 112 valence electrons. The van der Waals surface area contributed by atoms with Gasteiger partial charge in [0.1, 0.15) is 0 Å².